The van der Waals surface area contributed by atoms with Crippen LogP contribution in [0.5, 0.6) is 0 Å². The molecule has 0 unspecified atom stereocenters. The number of aromatic carboxylic acids is 1. The van der Waals surface area contributed by atoms with Crippen molar-refractivity contribution >= 4 is 55.2 Å². The molecule has 0 saturated carbocycles. The van der Waals surface area contributed by atoms with E-state index in [0.717, 1.165) is 40.6 Å². The molecule has 0 heterocycles. The molecule has 0 radical (unpaired) electrons. The highest BCUT2D eigenvalue weighted by atomic mass is 79.9. The number of benzene rings is 2. The van der Waals surface area contributed by atoms with Crippen LogP contribution in [0.4, 0.5) is 11.4 Å². The van der Waals surface area contributed by atoms with Crippen molar-refractivity contribution in [2.24, 2.45) is 0 Å². The molecule has 0 spiro atoms. The molecular weight excluding hydrogens is 504 g/mol. The summed E-state index contributed by atoms with van der Waals surface area (Å²) in [6, 6.07) is 10.7. The molecule has 0 atom stereocenters. The van der Waals surface area contributed by atoms with Crippen LogP contribution in [0.25, 0.3) is 0 Å². The maximum atomic E-state index is 11.5. The Labute approximate surface area is 188 Å². The van der Waals surface area contributed by atoms with E-state index in [1.807, 2.05) is 25.1 Å². The lowest BCUT2D eigenvalue weighted by Crippen LogP contribution is -2.08. The van der Waals surface area contributed by atoms with Gasteiger partial charge in [0.1, 0.15) is 0 Å². The van der Waals surface area contributed by atoms with Gasteiger partial charge in [0.2, 0.25) is 0 Å². The predicted octanol–water partition coefficient (Wildman–Crippen LogP) is 6.03. The van der Waals surface area contributed by atoms with Gasteiger partial charge in [0, 0.05) is 33.4 Å². The number of carboxylic acid groups (broad SMARTS) is 1. The van der Waals surface area contributed by atoms with Crippen LogP contribution in [-0.2, 0) is 4.74 Å². The summed E-state index contributed by atoms with van der Waals surface area (Å²) in [6.07, 6.45) is 1.98. The van der Waals surface area contributed by atoms with Crippen molar-refractivity contribution in [1.82, 2.24) is 0 Å². The molecule has 0 amide bonds. The van der Waals surface area contributed by atoms with E-state index in [2.05, 4.69) is 49.4 Å². The fourth-order valence-corrected chi connectivity index (χ4v) is 3.04. The average Bonchev–Trinajstić information content (AvgIpc) is 2.71. The summed E-state index contributed by atoms with van der Waals surface area (Å²) in [6.45, 7) is 5.73. The molecular formula is C21H26Br2N2O4. The lowest BCUT2D eigenvalue weighted by molar-refractivity contribution is 0.0600. The molecule has 2 aromatic rings. The first kappa shape index (κ1) is 25.0. The number of hydrogen-bond acceptors (Lipinski definition) is 5. The van der Waals surface area contributed by atoms with Gasteiger partial charge in [-0.15, -0.1) is 0 Å². The summed E-state index contributed by atoms with van der Waals surface area (Å²) in [4.78, 5) is 22.3. The number of carboxylic acids is 1. The molecule has 0 aliphatic carbocycles. The highest BCUT2D eigenvalue weighted by Crippen LogP contribution is 2.22. The number of halogens is 2. The third-order valence-corrected chi connectivity index (χ3v) is 4.72. The van der Waals surface area contributed by atoms with Crippen LogP contribution in [0.1, 0.15) is 47.4 Å². The molecule has 6 nitrogen and oxygen atoms in total. The number of carbonyl (C=O) groups excluding carboxylic acids is 1. The predicted molar refractivity (Wildman–Crippen MR) is 124 cm³/mol. The molecule has 2 rings (SSSR count). The first-order valence-corrected chi connectivity index (χ1v) is 10.8. The lowest BCUT2D eigenvalue weighted by Gasteiger charge is -2.10. The van der Waals surface area contributed by atoms with Gasteiger partial charge in [0.05, 0.1) is 18.2 Å². The van der Waals surface area contributed by atoms with E-state index in [0.29, 0.717) is 16.8 Å². The van der Waals surface area contributed by atoms with E-state index in [4.69, 9.17) is 9.84 Å². The van der Waals surface area contributed by atoms with E-state index in [9.17, 15) is 9.59 Å². The van der Waals surface area contributed by atoms with Gasteiger partial charge in [-0.2, -0.15) is 0 Å². The SMILES string of the molecule is CCCNc1ccc(Br)cc1C(=O)O.CCCNc1ccc(Br)cc1C(=O)OC. The molecule has 29 heavy (non-hydrogen) atoms. The molecule has 8 heteroatoms. The topological polar surface area (TPSA) is 87.7 Å². The number of nitrogens with one attached hydrogen (secondary N) is 2. The largest absolute Gasteiger partial charge is 0.478 e. The maximum Gasteiger partial charge on any atom is 0.340 e. The van der Waals surface area contributed by atoms with Crippen LogP contribution in [0.3, 0.4) is 0 Å². The number of esters is 1. The summed E-state index contributed by atoms with van der Waals surface area (Å²) >= 11 is 6.57. The minimum Gasteiger partial charge on any atom is -0.478 e. The molecule has 0 bridgehead atoms. The van der Waals surface area contributed by atoms with Gasteiger partial charge in [0.25, 0.3) is 0 Å². The van der Waals surface area contributed by atoms with Gasteiger partial charge in [-0.1, -0.05) is 45.7 Å². The van der Waals surface area contributed by atoms with Crippen LogP contribution in [0, 0.1) is 0 Å². The second kappa shape index (κ2) is 13.2. The summed E-state index contributed by atoms with van der Waals surface area (Å²) in [5.74, 6) is -1.24. The molecule has 0 saturated heterocycles. The number of carbonyl (C=O) groups is 2. The van der Waals surface area contributed by atoms with Crippen molar-refractivity contribution in [3.63, 3.8) is 0 Å². The van der Waals surface area contributed by atoms with Crippen LogP contribution in [0.15, 0.2) is 45.3 Å². The molecule has 0 aliphatic heterocycles. The fraction of sp³-hybridized carbons (Fsp3) is 0.333. The number of hydrogen-bond donors (Lipinski definition) is 3. The van der Waals surface area contributed by atoms with Crippen LogP contribution in [0.2, 0.25) is 0 Å². The first-order chi connectivity index (χ1) is 13.8. The second-order valence-electron chi connectivity index (χ2n) is 6.03. The normalized spacial score (nSPS) is 9.83. The number of ether oxygens (including phenoxy) is 1. The van der Waals surface area contributed by atoms with E-state index >= 15 is 0 Å². The third kappa shape index (κ3) is 8.45. The summed E-state index contributed by atoms with van der Waals surface area (Å²) in [5, 5.41) is 15.2. The van der Waals surface area contributed by atoms with Crippen molar-refractivity contribution in [2.75, 3.05) is 30.8 Å². The molecule has 0 fully saturated rings. The van der Waals surface area contributed by atoms with Gasteiger partial charge in [0.15, 0.2) is 0 Å². The summed E-state index contributed by atoms with van der Waals surface area (Å²) in [5.41, 5.74) is 2.34. The number of methoxy groups -OCH3 is 1. The minimum absolute atomic E-state index is 0.299. The molecule has 2 aromatic carbocycles. The number of rotatable bonds is 8. The Morgan fingerprint density at radius 3 is 1.76 bits per heavy atom. The fourth-order valence-electron chi connectivity index (χ4n) is 2.32. The maximum absolute atomic E-state index is 11.5. The van der Waals surface area contributed by atoms with Gasteiger partial charge in [-0.05, 0) is 49.2 Å². The average molecular weight is 530 g/mol. The zero-order valence-corrected chi connectivity index (χ0v) is 19.9. The zero-order valence-electron chi connectivity index (χ0n) is 16.7. The van der Waals surface area contributed by atoms with Crippen molar-refractivity contribution in [1.29, 1.82) is 0 Å². The monoisotopic (exact) mass is 528 g/mol. The summed E-state index contributed by atoms with van der Waals surface area (Å²) < 4.78 is 6.35. The van der Waals surface area contributed by atoms with Crippen LogP contribution in [-0.4, -0.2) is 37.2 Å². The van der Waals surface area contributed by atoms with E-state index in [1.165, 1.54) is 7.11 Å². The minimum atomic E-state index is -0.912. The lowest BCUT2D eigenvalue weighted by atomic mass is 10.2. The Bertz CT molecular complexity index is 828. The Hall–Kier alpha value is -2.06. The van der Waals surface area contributed by atoms with Crippen molar-refractivity contribution in [2.45, 2.75) is 26.7 Å². The van der Waals surface area contributed by atoms with Crippen LogP contribution >= 0.6 is 31.9 Å². The first-order valence-electron chi connectivity index (χ1n) is 9.22. The van der Waals surface area contributed by atoms with E-state index < -0.39 is 5.97 Å². The van der Waals surface area contributed by atoms with Crippen molar-refractivity contribution < 1.29 is 19.4 Å². The quantitative estimate of drug-likeness (QED) is 0.362. The standard InChI is InChI=1S/C11H14BrNO2.C10H12BrNO2/c1-3-6-13-10-5-4-8(12)7-9(10)11(14)15-2;1-2-5-12-9-4-3-7(11)6-8(9)10(13)14/h4-5,7,13H,3,6H2,1-2H3;3-4,6,12H,2,5H2,1H3,(H,13,14). The highest BCUT2D eigenvalue weighted by Gasteiger charge is 2.11. The molecule has 158 valence electrons. The van der Waals surface area contributed by atoms with Gasteiger partial charge in [-0.3, -0.25) is 0 Å². The Morgan fingerprint density at radius 1 is 0.897 bits per heavy atom. The van der Waals surface area contributed by atoms with E-state index in [-0.39, 0.29) is 5.97 Å². The van der Waals surface area contributed by atoms with Gasteiger partial charge < -0.3 is 20.5 Å². The smallest absolute Gasteiger partial charge is 0.340 e. The number of anilines is 2. The Morgan fingerprint density at radius 2 is 1.34 bits per heavy atom. The van der Waals surface area contributed by atoms with Crippen LogP contribution < -0.4 is 10.6 Å². The van der Waals surface area contributed by atoms with Gasteiger partial charge >= 0.3 is 11.9 Å². The second-order valence-corrected chi connectivity index (χ2v) is 7.86. The van der Waals surface area contributed by atoms with Gasteiger partial charge in [-0.25, -0.2) is 9.59 Å². The summed E-state index contributed by atoms with van der Waals surface area (Å²) in [7, 11) is 1.38. The third-order valence-electron chi connectivity index (χ3n) is 3.73. The molecule has 0 aromatic heterocycles. The Balaban J connectivity index is 0.000000291. The molecule has 3 N–H and O–H groups in total. The zero-order chi connectivity index (χ0) is 21.8. The highest BCUT2D eigenvalue weighted by molar-refractivity contribution is 9.10. The Kier molecular flexibility index (Phi) is 11.4. The van der Waals surface area contributed by atoms with Crippen molar-refractivity contribution in [3.8, 4) is 0 Å². The van der Waals surface area contributed by atoms with Crippen molar-refractivity contribution in [3.05, 3.63) is 56.5 Å². The van der Waals surface area contributed by atoms with E-state index in [1.54, 1.807) is 18.2 Å². The molecule has 0 aliphatic rings.